The lowest BCUT2D eigenvalue weighted by Crippen LogP contribution is -2.51. The van der Waals surface area contributed by atoms with Crippen LogP contribution in [0.2, 0.25) is 0 Å². The lowest BCUT2D eigenvalue weighted by atomic mass is 10.1. The number of carbonyl (C=O) groups is 2. The molecular weight excluding hydrogens is 468 g/mol. The van der Waals surface area contributed by atoms with E-state index in [2.05, 4.69) is 35.1 Å². The zero-order valence-electron chi connectivity index (χ0n) is 22.4. The Morgan fingerprint density at radius 3 is 2.46 bits per heavy atom. The number of unbranched alkanes of at least 4 members (excludes halogenated alkanes) is 1. The summed E-state index contributed by atoms with van der Waals surface area (Å²) in [5.74, 6) is 1.17. The van der Waals surface area contributed by atoms with Crippen molar-refractivity contribution in [1.82, 2.24) is 19.8 Å². The molecule has 4 rings (SSSR count). The Balaban J connectivity index is 1.26. The topological polar surface area (TPSA) is 87.8 Å². The number of benzene rings is 2. The van der Waals surface area contributed by atoms with Gasteiger partial charge in [0, 0.05) is 26.2 Å². The predicted octanol–water partition coefficient (Wildman–Crippen LogP) is 5.22. The van der Waals surface area contributed by atoms with Crippen LogP contribution in [-0.4, -0.2) is 70.2 Å². The Morgan fingerprint density at radius 2 is 1.73 bits per heavy atom. The highest BCUT2D eigenvalue weighted by molar-refractivity contribution is 5.94. The number of nitrogens with zero attached hydrogens (tertiary/aromatic N) is 3. The summed E-state index contributed by atoms with van der Waals surface area (Å²) in [6.07, 6.45) is 3.55. The molecule has 0 aliphatic carbocycles. The number of aryl methyl sites for hydroxylation is 2. The van der Waals surface area contributed by atoms with Crippen LogP contribution in [0.3, 0.4) is 0 Å². The van der Waals surface area contributed by atoms with Crippen molar-refractivity contribution < 1.29 is 19.1 Å². The van der Waals surface area contributed by atoms with Crippen molar-refractivity contribution in [3.05, 3.63) is 59.4 Å². The van der Waals surface area contributed by atoms with Gasteiger partial charge in [-0.05, 0) is 75.8 Å². The van der Waals surface area contributed by atoms with Gasteiger partial charge in [-0.1, -0.05) is 31.2 Å². The molecule has 37 heavy (non-hydrogen) atoms. The van der Waals surface area contributed by atoms with E-state index < -0.39 is 5.60 Å². The Kier molecular flexibility index (Phi) is 8.36. The minimum absolute atomic E-state index is 0.147. The van der Waals surface area contributed by atoms with E-state index in [1.807, 2.05) is 45.0 Å². The third-order valence-electron chi connectivity index (χ3n) is 6.44. The number of hydrogen-bond acceptors (Lipinski definition) is 5. The summed E-state index contributed by atoms with van der Waals surface area (Å²) < 4.78 is 11.4. The molecular formula is C29H38N4O4. The fourth-order valence-electron chi connectivity index (χ4n) is 4.43. The molecule has 1 fully saturated rings. The molecule has 198 valence electrons. The number of rotatable bonds is 8. The summed E-state index contributed by atoms with van der Waals surface area (Å²) >= 11 is 0. The van der Waals surface area contributed by atoms with Gasteiger partial charge in [0.25, 0.3) is 5.91 Å². The smallest absolute Gasteiger partial charge is 0.410 e. The first kappa shape index (κ1) is 26.5. The first-order chi connectivity index (χ1) is 17.7. The van der Waals surface area contributed by atoms with Gasteiger partial charge in [-0.25, -0.2) is 9.78 Å². The van der Waals surface area contributed by atoms with Gasteiger partial charge in [0.2, 0.25) is 0 Å². The van der Waals surface area contributed by atoms with Crippen LogP contribution in [0.25, 0.3) is 11.0 Å². The van der Waals surface area contributed by atoms with Gasteiger partial charge in [0.15, 0.2) is 5.82 Å². The number of hydrogen-bond donors (Lipinski definition) is 1. The molecule has 8 nitrogen and oxygen atoms in total. The summed E-state index contributed by atoms with van der Waals surface area (Å²) in [6, 6.07) is 14.3. The first-order valence-electron chi connectivity index (χ1n) is 13.2. The van der Waals surface area contributed by atoms with E-state index in [4.69, 9.17) is 9.47 Å². The lowest BCUT2D eigenvalue weighted by molar-refractivity contribution is 0.0139. The van der Waals surface area contributed by atoms with Gasteiger partial charge < -0.3 is 24.3 Å². The monoisotopic (exact) mass is 506 g/mol. The third-order valence-corrected chi connectivity index (χ3v) is 6.44. The molecule has 0 saturated carbocycles. The van der Waals surface area contributed by atoms with Crippen LogP contribution in [0.15, 0.2) is 42.5 Å². The summed E-state index contributed by atoms with van der Waals surface area (Å²) in [4.78, 5) is 36.4. The maximum absolute atomic E-state index is 13.0. The average Bonchev–Trinajstić information content (AvgIpc) is 3.31. The number of ether oxygens (including phenoxy) is 2. The van der Waals surface area contributed by atoms with Gasteiger partial charge >= 0.3 is 6.09 Å². The normalized spacial score (nSPS) is 14.2. The van der Waals surface area contributed by atoms with Crippen molar-refractivity contribution in [1.29, 1.82) is 0 Å². The summed E-state index contributed by atoms with van der Waals surface area (Å²) in [7, 11) is 0. The fourth-order valence-corrected chi connectivity index (χ4v) is 4.43. The second-order valence-corrected chi connectivity index (χ2v) is 10.5. The summed E-state index contributed by atoms with van der Waals surface area (Å²) in [5.41, 5.74) is 3.55. The predicted molar refractivity (Wildman–Crippen MR) is 144 cm³/mol. The highest BCUT2D eigenvalue weighted by Crippen LogP contribution is 2.20. The van der Waals surface area contributed by atoms with Crippen LogP contribution in [0.5, 0.6) is 5.75 Å². The maximum atomic E-state index is 13.0. The Hall–Kier alpha value is -3.55. The molecule has 2 aromatic carbocycles. The Labute approximate surface area is 219 Å². The second-order valence-electron chi connectivity index (χ2n) is 10.5. The number of aromatic amines is 1. The van der Waals surface area contributed by atoms with Gasteiger partial charge in [-0.15, -0.1) is 0 Å². The van der Waals surface area contributed by atoms with E-state index in [0.29, 0.717) is 38.6 Å². The van der Waals surface area contributed by atoms with Crippen molar-refractivity contribution in [2.24, 2.45) is 0 Å². The van der Waals surface area contributed by atoms with E-state index in [9.17, 15) is 9.59 Å². The van der Waals surface area contributed by atoms with E-state index in [1.165, 1.54) is 11.1 Å². The summed E-state index contributed by atoms with van der Waals surface area (Å²) in [6.45, 7) is 10.2. The number of piperazine rings is 1. The van der Waals surface area contributed by atoms with E-state index in [0.717, 1.165) is 42.5 Å². The minimum atomic E-state index is -0.536. The molecule has 0 bridgehead atoms. The molecule has 1 aromatic heterocycles. The molecule has 0 atom stereocenters. The highest BCUT2D eigenvalue weighted by atomic mass is 16.6. The molecule has 2 heterocycles. The van der Waals surface area contributed by atoms with Crippen molar-refractivity contribution >= 4 is 23.0 Å². The van der Waals surface area contributed by atoms with Crippen molar-refractivity contribution in [2.75, 3.05) is 32.8 Å². The third kappa shape index (κ3) is 7.02. The van der Waals surface area contributed by atoms with Gasteiger partial charge in [0.1, 0.15) is 11.4 Å². The Morgan fingerprint density at radius 1 is 1.00 bits per heavy atom. The average molecular weight is 507 g/mol. The van der Waals surface area contributed by atoms with Crippen molar-refractivity contribution in [3.8, 4) is 5.75 Å². The molecule has 1 aliphatic rings. The van der Waals surface area contributed by atoms with Crippen molar-refractivity contribution in [3.63, 3.8) is 0 Å². The molecule has 1 saturated heterocycles. The largest absolute Gasteiger partial charge is 0.493 e. The Bertz CT molecular complexity index is 1220. The van der Waals surface area contributed by atoms with E-state index in [1.54, 1.807) is 9.80 Å². The maximum Gasteiger partial charge on any atom is 0.410 e. The SMILES string of the molecule is CCc1ccccc1OCCCCc1ccc2nc(C(=O)N3CCN(C(=O)OC(C)(C)C)CC3)[nH]c2c1. The molecule has 2 amide bonds. The van der Waals surface area contributed by atoms with E-state index in [-0.39, 0.29) is 12.0 Å². The quantitative estimate of drug-likeness (QED) is 0.423. The van der Waals surface area contributed by atoms with Crippen molar-refractivity contribution in [2.45, 2.75) is 59.0 Å². The molecule has 0 spiro atoms. The number of fused-ring (bicyclic) bond motifs is 1. The number of nitrogens with one attached hydrogen (secondary N) is 1. The van der Waals surface area contributed by atoms with Gasteiger partial charge in [0.05, 0.1) is 17.6 Å². The number of aromatic nitrogens is 2. The van der Waals surface area contributed by atoms with Crippen LogP contribution in [0.1, 0.15) is 62.3 Å². The fraction of sp³-hybridized carbons (Fsp3) is 0.483. The van der Waals surface area contributed by atoms with Crippen LogP contribution in [0, 0.1) is 0 Å². The van der Waals surface area contributed by atoms with Crippen LogP contribution in [0.4, 0.5) is 4.79 Å². The molecule has 8 heteroatoms. The van der Waals surface area contributed by atoms with E-state index >= 15 is 0 Å². The highest BCUT2D eigenvalue weighted by Gasteiger charge is 2.29. The molecule has 0 radical (unpaired) electrons. The second kappa shape index (κ2) is 11.7. The lowest BCUT2D eigenvalue weighted by Gasteiger charge is -2.35. The minimum Gasteiger partial charge on any atom is -0.493 e. The molecule has 1 N–H and O–H groups in total. The van der Waals surface area contributed by atoms with Crippen LogP contribution < -0.4 is 4.74 Å². The van der Waals surface area contributed by atoms with Crippen LogP contribution >= 0.6 is 0 Å². The zero-order chi connectivity index (χ0) is 26.4. The van der Waals surface area contributed by atoms with Gasteiger partial charge in [-0.3, -0.25) is 4.79 Å². The zero-order valence-corrected chi connectivity index (χ0v) is 22.4. The number of carbonyl (C=O) groups excluding carboxylic acids is 2. The number of para-hydroxylation sites is 1. The molecule has 3 aromatic rings. The van der Waals surface area contributed by atoms with Gasteiger partial charge in [-0.2, -0.15) is 0 Å². The standard InChI is InChI=1S/C29H38N4O4/c1-5-22-11-6-7-12-25(22)36-19-9-8-10-21-13-14-23-24(20-21)31-26(30-23)27(34)32-15-17-33(18-16-32)28(35)37-29(2,3)4/h6-7,11-14,20H,5,8-10,15-19H2,1-4H3,(H,30,31). The summed E-state index contributed by atoms with van der Waals surface area (Å²) in [5, 5.41) is 0. The number of amides is 2. The van der Waals surface area contributed by atoms with Crippen LogP contribution in [-0.2, 0) is 17.6 Å². The number of H-pyrrole nitrogens is 1. The molecule has 0 unspecified atom stereocenters. The number of imidazole rings is 1. The molecule has 1 aliphatic heterocycles. The first-order valence-corrected chi connectivity index (χ1v) is 13.2.